The number of anilines is 1. The Balaban J connectivity index is 2.99. The van der Waals surface area contributed by atoms with Gasteiger partial charge < -0.3 is 10.8 Å². The normalized spacial score (nSPS) is 13.6. The van der Waals surface area contributed by atoms with Gasteiger partial charge in [-0.05, 0) is 24.6 Å². The summed E-state index contributed by atoms with van der Waals surface area (Å²) in [5.74, 6) is 0. The van der Waals surface area contributed by atoms with E-state index in [2.05, 4.69) is 0 Å². The van der Waals surface area contributed by atoms with Crippen molar-refractivity contribution < 1.29 is 13.5 Å². The summed E-state index contributed by atoms with van der Waals surface area (Å²) in [5.41, 5.74) is 6.26. The first-order valence-corrected chi connectivity index (χ1v) is 7.47. The molecule has 1 unspecified atom stereocenters. The Labute approximate surface area is 105 Å². The van der Waals surface area contributed by atoms with Crippen LogP contribution in [0.15, 0.2) is 28.0 Å². The summed E-state index contributed by atoms with van der Waals surface area (Å²) < 4.78 is 22.4. The van der Waals surface area contributed by atoms with Gasteiger partial charge >= 0.3 is 0 Å². The number of sulfonamides is 1. The van der Waals surface area contributed by atoms with Crippen molar-refractivity contribution in [3.8, 4) is 0 Å². The standard InChI is InChI=1S/C10H16N2O3S2/c1-7(4-5-13)16-10-6-8(17(12,14)15)2-3-9(10)11/h2-3,6-7,13H,4-5,11H2,1H3,(H2,12,14,15). The van der Waals surface area contributed by atoms with Gasteiger partial charge in [0.05, 0.1) is 4.90 Å². The molecule has 0 saturated heterocycles. The fraction of sp³-hybridized carbons (Fsp3) is 0.400. The molecule has 0 aromatic heterocycles. The summed E-state index contributed by atoms with van der Waals surface area (Å²) in [7, 11) is -3.71. The third-order valence-corrected chi connectivity index (χ3v) is 4.33. The van der Waals surface area contributed by atoms with Crippen LogP contribution in [0.1, 0.15) is 13.3 Å². The summed E-state index contributed by atoms with van der Waals surface area (Å²) in [6.07, 6.45) is 0.615. The first-order chi connectivity index (χ1) is 7.84. The molecule has 0 amide bonds. The Hall–Kier alpha value is -0.760. The molecular weight excluding hydrogens is 260 g/mol. The minimum Gasteiger partial charge on any atom is -0.398 e. The maximum absolute atomic E-state index is 11.2. The van der Waals surface area contributed by atoms with Crippen molar-refractivity contribution in [1.82, 2.24) is 0 Å². The van der Waals surface area contributed by atoms with Gasteiger partial charge in [-0.15, -0.1) is 11.8 Å². The number of nitrogens with two attached hydrogens (primary N) is 2. The highest BCUT2D eigenvalue weighted by Gasteiger charge is 2.12. The summed E-state index contributed by atoms with van der Waals surface area (Å²) in [5, 5.41) is 14.0. The van der Waals surface area contributed by atoms with Crippen LogP contribution in [0, 0.1) is 0 Å². The van der Waals surface area contributed by atoms with Crippen LogP contribution in [0.5, 0.6) is 0 Å². The molecule has 1 aromatic carbocycles. The van der Waals surface area contributed by atoms with E-state index in [0.29, 0.717) is 17.0 Å². The van der Waals surface area contributed by atoms with E-state index in [1.54, 1.807) is 0 Å². The Morgan fingerprint density at radius 2 is 2.12 bits per heavy atom. The fourth-order valence-electron chi connectivity index (χ4n) is 1.25. The molecule has 1 atom stereocenters. The molecule has 0 aliphatic rings. The fourth-order valence-corrected chi connectivity index (χ4v) is 2.92. The van der Waals surface area contributed by atoms with Crippen molar-refractivity contribution >= 4 is 27.5 Å². The van der Waals surface area contributed by atoms with Crippen LogP contribution in [0.25, 0.3) is 0 Å². The average Bonchev–Trinajstić information content (AvgIpc) is 2.20. The molecule has 0 spiro atoms. The van der Waals surface area contributed by atoms with E-state index in [1.807, 2.05) is 6.92 Å². The molecule has 0 saturated carbocycles. The molecule has 0 radical (unpaired) electrons. The van der Waals surface area contributed by atoms with Crippen LogP contribution in [0.3, 0.4) is 0 Å². The van der Waals surface area contributed by atoms with Gasteiger partial charge in [-0.3, -0.25) is 0 Å². The Bertz CT molecular complexity index is 488. The summed E-state index contributed by atoms with van der Waals surface area (Å²) in [6, 6.07) is 4.36. The van der Waals surface area contributed by atoms with Crippen molar-refractivity contribution in [2.45, 2.75) is 28.4 Å². The van der Waals surface area contributed by atoms with Crippen LogP contribution in [-0.4, -0.2) is 25.4 Å². The number of thioether (sulfide) groups is 1. The number of aliphatic hydroxyl groups is 1. The van der Waals surface area contributed by atoms with Crippen LogP contribution in [0.2, 0.25) is 0 Å². The highest BCUT2D eigenvalue weighted by molar-refractivity contribution is 8.00. The number of hydrogen-bond acceptors (Lipinski definition) is 5. The van der Waals surface area contributed by atoms with Gasteiger partial charge in [-0.25, -0.2) is 13.6 Å². The van der Waals surface area contributed by atoms with Crippen molar-refractivity contribution in [2.75, 3.05) is 12.3 Å². The second-order valence-corrected chi connectivity index (χ2v) is 6.73. The molecule has 17 heavy (non-hydrogen) atoms. The van der Waals surface area contributed by atoms with Gasteiger partial charge in [0.1, 0.15) is 0 Å². The lowest BCUT2D eigenvalue weighted by atomic mass is 10.3. The van der Waals surface area contributed by atoms with Crippen molar-refractivity contribution in [1.29, 1.82) is 0 Å². The third-order valence-electron chi connectivity index (χ3n) is 2.18. The monoisotopic (exact) mass is 276 g/mol. The SMILES string of the molecule is CC(CCO)Sc1cc(S(N)(=O)=O)ccc1N. The molecule has 7 heteroatoms. The number of primary sulfonamides is 1. The summed E-state index contributed by atoms with van der Waals surface area (Å²) >= 11 is 1.42. The predicted molar refractivity (Wildman–Crippen MR) is 69.2 cm³/mol. The van der Waals surface area contributed by atoms with E-state index in [1.165, 1.54) is 30.0 Å². The molecule has 1 rings (SSSR count). The minimum absolute atomic E-state index is 0.0467. The number of aliphatic hydroxyl groups excluding tert-OH is 1. The number of hydrogen-bond donors (Lipinski definition) is 3. The molecule has 0 aliphatic heterocycles. The lowest BCUT2D eigenvalue weighted by Crippen LogP contribution is -2.12. The number of rotatable bonds is 5. The van der Waals surface area contributed by atoms with Crippen molar-refractivity contribution in [3.63, 3.8) is 0 Å². The van der Waals surface area contributed by atoms with E-state index in [9.17, 15) is 8.42 Å². The number of nitrogen functional groups attached to an aromatic ring is 1. The maximum atomic E-state index is 11.2. The maximum Gasteiger partial charge on any atom is 0.238 e. The molecule has 0 aliphatic carbocycles. The van der Waals surface area contributed by atoms with Crippen LogP contribution >= 0.6 is 11.8 Å². The second-order valence-electron chi connectivity index (χ2n) is 3.69. The number of benzene rings is 1. The minimum atomic E-state index is -3.71. The average molecular weight is 276 g/mol. The van der Waals surface area contributed by atoms with Crippen molar-refractivity contribution in [3.05, 3.63) is 18.2 Å². The highest BCUT2D eigenvalue weighted by Crippen LogP contribution is 2.31. The van der Waals surface area contributed by atoms with E-state index in [-0.39, 0.29) is 16.8 Å². The summed E-state index contributed by atoms with van der Waals surface area (Å²) in [4.78, 5) is 0.711. The quantitative estimate of drug-likeness (QED) is 0.544. The van der Waals surface area contributed by atoms with Gasteiger partial charge in [-0.1, -0.05) is 6.92 Å². The van der Waals surface area contributed by atoms with E-state index < -0.39 is 10.0 Å². The predicted octanol–water partition coefficient (Wildman–Crippen LogP) is 0.779. The van der Waals surface area contributed by atoms with Gasteiger partial charge in [0.15, 0.2) is 0 Å². The Morgan fingerprint density at radius 1 is 1.47 bits per heavy atom. The Morgan fingerprint density at radius 3 is 2.65 bits per heavy atom. The third kappa shape index (κ3) is 4.19. The molecule has 96 valence electrons. The van der Waals surface area contributed by atoms with E-state index in [0.717, 1.165) is 0 Å². The summed E-state index contributed by atoms with van der Waals surface area (Å²) in [6.45, 7) is 2.02. The van der Waals surface area contributed by atoms with Crippen LogP contribution in [-0.2, 0) is 10.0 Å². The van der Waals surface area contributed by atoms with Crippen molar-refractivity contribution in [2.24, 2.45) is 5.14 Å². The zero-order valence-corrected chi connectivity index (χ0v) is 11.1. The topological polar surface area (TPSA) is 106 Å². The molecule has 1 aromatic rings. The smallest absolute Gasteiger partial charge is 0.238 e. The van der Waals surface area contributed by atoms with Gasteiger partial charge in [0.25, 0.3) is 0 Å². The van der Waals surface area contributed by atoms with Gasteiger partial charge in [-0.2, -0.15) is 0 Å². The molecule has 5 nitrogen and oxygen atoms in total. The van der Waals surface area contributed by atoms with E-state index >= 15 is 0 Å². The lowest BCUT2D eigenvalue weighted by Gasteiger charge is -2.12. The lowest BCUT2D eigenvalue weighted by molar-refractivity contribution is 0.289. The molecule has 0 heterocycles. The highest BCUT2D eigenvalue weighted by atomic mass is 32.2. The molecular formula is C10H16N2O3S2. The first kappa shape index (κ1) is 14.3. The molecule has 5 N–H and O–H groups in total. The zero-order chi connectivity index (χ0) is 13.1. The van der Waals surface area contributed by atoms with Gasteiger partial charge in [0.2, 0.25) is 10.0 Å². The molecule has 0 fully saturated rings. The van der Waals surface area contributed by atoms with Gasteiger partial charge in [0, 0.05) is 22.4 Å². The zero-order valence-electron chi connectivity index (χ0n) is 9.46. The largest absolute Gasteiger partial charge is 0.398 e. The second kappa shape index (κ2) is 5.72. The van der Waals surface area contributed by atoms with Crippen LogP contribution in [0.4, 0.5) is 5.69 Å². The van der Waals surface area contributed by atoms with Crippen LogP contribution < -0.4 is 10.9 Å². The molecule has 0 bridgehead atoms. The Kier molecular flexibility index (Phi) is 4.81. The first-order valence-electron chi connectivity index (χ1n) is 5.04. The van der Waals surface area contributed by atoms with E-state index in [4.69, 9.17) is 16.0 Å².